The van der Waals surface area contributed by atoms with Crippen molar-refractivity contribution in [3.63, 3.8) is 0 Å². The highest BCUT2D eigenvalue weighted by Crippen LogP contribution is 2.37. The van der Waals surface area contributed by atoms with E-state index in [-0.39, 0.29) is 5.91 Å². The molecule has 25 heavy (non-hydrogen) atoms. The van der Waals surface area contributed by atoms with Gasteiger partial charge in [0.1, 0.15) is 0 Å². The Morgan fingerprint density at radius 2 is 2.08 bits per heavy atom. The van der Waals surface area contributed by atoms with Crippen molar-refractivity contribution >= 4 is 17.4 Å². The Bertz CT molecular complexity index is 810. The molecule has 0 aromatic carbocycles. The molecule has 2 aromatic rings. The maximum Gasteiger partial charge on any atom is 0.219 e. The van der Waals surface area contributed by atoms with E-state index in [2.05, 4.69) is 34.5 Å². The van der Waals surface area contributed by atoms with E-state index in [0.29, 0.717) is 12.6 Å². The predicted octanol–water partition coefficient (Wildman–Crippen LogP) is 2.85. The third-order valence-corrected chi connectivity index (χ3v) is 5.21. The molecule has 2 aliphatic rings. The van der Waals surface area contributed by atoms with Crippen molar-refractivity contribution in [3.8, 4) is 0 Å². The van der Waals surface area contributed by atoms with Crippen molar-refractivity contribution in [1.29, 1.82) is 0 Å². The summed E-state index contributed by atoms with van der Waals surface area (Å²) in [4.78, 5) is 20.7. The maximum atomic E-state index is 11.9. The van der Waals surface area contributed by atoms with Crippen LogP contribution in [0.25, 0.3) is 0 Å². The number of hydrogen-bond donors (Lipinski definition) is 0. The first-order valence-electron chi connectivity index (χ1n) is 9.13. The van der Waals surface area contributed by atoms with Crippen LogP contribution < -0.4 is 4.90 Å². The van der Waals surface area contributed by atoms with Gasteiger partial charge in [-0.2, -0.15) is 5.10 Å². The summed E-state index contributed by atoms with van der Waals surface area (Å²) < 4.78 is 2.15. The molecule has 0 fully saturated rings. The minimum absolute atomic E-state index is 0.134. The molecule has 0 N–H and O–H groups in total. The van der Waals surface area contributed by atoms with E-state index in [1.165, 1.54) is 11.3 Å². The number of anilines is 2. The lowest BCUT2D eigenvalue weighted by molar-refractivity contribution is -0.129. The maximum absolute atomic E-state index is 11.9. The van der Waals surface area contributed by atoms with Gasteiger partial charge < -0.3 is 9.80 Å². The minimum Gasteiger partial charge on any atom is -0.338 e. The topological polar surface area (TPSA) is 54.3 Å². The molecule has 0 unspecified atom stereocenters. The number of hydrogen-bond acceptors (Lipinski definition) is 4. The fourth-order valence-electron chi connectivity index (χ4n) is 3.95. The van der Waals surface area contributed by atoms with E-state index in [0.717, 1.165) is 49.6 Å². The van der Waals surface area contributed by atoms with E-state index in [4.69, 9.17) is 5.10 Å². The molecule has 132 valence electrons. The van der Waals surface area contributed by atoms with E-state index < -0.39 is 0 Å². The van der Waals surface area contributed by atoms with Gasteiger partial charge in [-0.1, -0.05) is 0 Å². The molecule has 0 aliphatic carbocycles. The second-order valence-corrected chi connectivity index (χ2v) is 7.20. The van der Waals surface area contributed by atoms with Crippen molar-refractivity contribution in [1.82, 2.24) is 19.7 Å². The van der Waals surface area contributed by atoms with Gasteiger partial charge >= 0.3 is 0 Å². The van der Waals surface area contributed by atoms with E-state index in [1.54, 1.807) is 6.92 Å². The number of aryl methyl sites for hydroxylation is 1. The number of carbonyl (C=O) groups excluding carboxylic acids is 1. The van der Waals surface area contributed by atoms with Crippen LogP contribution in [0, 0.1) is 0 Å². The molecular formula is C19H25N5O. The lowest BCUT2D eigenvalue weighted by Gasteiger charge is -2.32. The Balaban J connectivity index is 1.82. The summed E-state index contributed by atoms with van der Waals surface area (Å²) in [6, 6.07) is 4.43. The lowest BCUT2D eigenvalue weighted by atomic mass is 10.0. The molecule has 0 saturated carbocycles. The van der Waals surface area contributed by atoms with E-state index >= 15 is 0 Å². The summed E-state index contributed by atoms with van der Waals surface area (Å²) in [5, 5.41) is 4.98. The van der Waals surface area contributed by atoms with Crippen LogP contribution in [-0.4, -0.2) is 38.7 Å². The smallest absolute Gasteiger partial charge is 0.219 e. The van der Waals surface area contributed by atoms with Gasteiger partial charge in [-0.3, -0.25) is 14.5 Å². The summed E-state index contributed by atoms with van der Waals surface area (Å²) in [6.45, 7) is 8.36. The van der Waals surface area contributed by atoms with Crippen molar-refractivity contribution in [2.45, 2.75) is 52.6 Å². The quantitative estimate of drug-likeness (QED) is 0.844. The molecule has 2 aromatic heterocycles. The SMILES string of the molecule is CC(=O)N1CCc2c(c(N3CCCc4ncccc43)nn2C(C)C)C1. The Morgan fingerprint density at radius 3 is 2.84 bits per heavy atom. The largest absolute Gasteiger partial charge is 0.338 e. The summed E-state index contributed by atoms with van der Waals surface area (Å²) in [7, 11) is 0. The molecule has 0 atom stereocenters. The zero-order valence-electron chi connectivity index (χ0n) is 15.2. The van der Waals surface area contributed by atoms with Crippen molar-refractivity contribution < 1.29 is 4.79 Å². The highest BCUT2D eigenvalue weighted by atomic mass is 16.2. The molecule has 1 amide bonds. The Labute approximate surface area is 148 Å². The fourth-order valence-corrected chi connectivity index (χ4v) is 3.95. The number of nitrogens with zero attached hydrogens (tertiary/aromatic N) is 5. The molecule has 0 saturated heterocycles. The van der Waals surface area contributed by atoms with Crippen LogP contribution in [0.5, 0.6) is 0 Å². The summed E-state index contributed by atoms with van der Waals surface area (Å²) in [6.07, 6.45) is 4.82. The third kappa shape index (κ3) is 2.69. The highest BCUT2D eigenvalue weighted by molar-refractivity contribution is 5.74. The van der Waals surface area contributed by atoms with Crippen LogP contribution >= 0.6 is 0 Å². The van der Waals surface area contributed by atoms with E-state index in [1.807, 2.05) is 17.2 Å². The molecule has 2 aliphatic heterocycles. The number of amides is 1. The first-order valence-corrected chi connectivity index (χ1v) is 9.13. The molecular weight excluding hydrogens is 314 g/mol. The summed E-state index contributed by atoms with van der Waals surface area (Å²) in [5.74, 6) is 1.14. The fraction of sp³-hybridized carbons (Fsp3) is 0.526. The zero-order valence-corrected chi connectivity index (χ0v) is 15.2. The molecule has 4 heterocycles. The molecule has 6 nitrogen and oxygen atoms in total. The summed E-state index contributed by atoms with van der Waals surface area (Å²) in [5.41, 5.74) is 4.77. The van der Waals surface area contributed by atoms with Crippen molar-refractivity contribution in [2.75, 3.05) is 18.0 Å². The lowest BCUT2D eigenvalue weighted by Crippen LogP contribution is -2.35. The molecule has 6 heteroatoms. The molecule has 0 spiro atoms. The minimum atomic E-state index is 0.134. The van der Waals surface area contributed by atoms with Gasteiger partial charge in [0.25, 0.3) is 0 Å². The van der Waals surface area contributed by atoms with Crippen LogP contribution in [0.3, 0.4) is 0 Å². The average molecular weight is 339 g/mol. The Morgan fingerprint density at radius 1 is 1.24 bits per heavy atom. The zero-order chi connectivity index (χ0) is 17.6. The third-order valence-electron chi connectivity index (χ3n) is 5.21. The first kappa shape index (κ1) is 16.1. The van der Waals surface area contributed by atoms with Gasteiger partial charge in [-0.25, -0.2) is 0 Å². The van der Waals surface area contributed by atoms with Crippen LogP contribution in [0.4, 0.5) is 11.5 Å². The first-order chi connectivity index (χ1) is 12.1. The van der Waals surface area contributed by atoms with Crippen LogP contribution in [0.15, 0.2) is 18.3 Å². The van der Waals surface area contributed by atoms with Gasteiger partial charge in [0.2, 0.25) is 5.91 Å². The highest BCUT2D eigenvalue weighted by Gasteiger charge is 2.31. The normalized spacial score (nSPS) is 16.8. The molecule has 0 bridgehead atoms. The van der Waals surface area contributed by atoms with Crippen LogP contribution in [0.1, 0.15) is 50.2 Å². The number of rotatable bonds is 2. The van der Waals surface area contributed by atoms with Gasteiger partial charge in [-0.15, -0.1) is 0 Å². The van der Waals surface area contributed by atoms with Crippen molar-refractivity contribution in [3.05, 3.63) is 35.3 Å². The number of fused-ring (bicyclic) bond motifs is 2. The van der Waals surface area contributed by atoms with Crippen molar-refractivity contribution in [2.24, 2.45) is 0 Å². The van der Waals surface area contributed by atoms with Gasteiger partial charge in [-0.05, 0) is 38.8 Å². The average Bonchev–Trinajstić information content (AvgIpc) is 3.00. The number of aromatic nitrogens is 3. The van der Waals surface area contributed by atoms with Crippen LogP contribution in [-0.2, 0) is 24.2 Å². The van der Waals surface area contributed by atoms with Gasteiger partial charge in [0.05, 0.1) is 17.9 Å². The summed E-state index contributed by atoms with van der Waals surface area (Å²) >= 11 is 0. The monoisotopic (exact) mass is 339 g/mol. The number of carbonyl (C=O) groups is 1. The van der Waals surface area contributed by atoms with Gasteiger partial charge in [0, 0.05) is 49.9 Å². The van der Waals surface area contributed by atoms with Crippen LogP contribution in [0.2, 0.25) is 0 Å². The Kier molecular flexibility index (Phi) is 3.98. The second kappa shape index (κ2) is 6.17. The standard InChI is InChI=1S/C19H25N5O/c1-13(2)24-17-8-11-22(14(3)25)12-15(17)19(21-24)23-10-5-6-16-18(23)7-4-9-20-16/h4,7,9,13H,5-6,8,10-12H2,1-3H3. The van der Waals surface area contributed by atoms with E-state index in [9.17, 15) is 4.79 Å². The Hall–Kier alpha value is -2.37. The number of pyridine rings is 1. The van der Waals surface area contributed by atoms with Gasteiger partial charge in [0.15, 0.2) is 5.82 Å². The predicted molar refractivity (Wildman–Crippen MR) is 97.0 cm³/mol. The second-order valence-electron chi connectivity index (χ2n) is 7.20. The molecule has 0 radical (unpaired) electrons. The molecule has 4 rings (SSSR count).